The third kappa shape index (κ3) is 6.04. The number of aromatic hydroxyl groups is 1. The fourth-order valence-corrected chi connectivity index (χ4v) is 2.40. The van der Waals surface area contributed by atoms with Gasteiger partial charge in [-0.1, -0.05) is 33.8 Å². The first-order valence-corrected chi connectivity index (χ1v) is 8.03. The maximum absolute atomic E-state index is 14.1. The van der Waals surface area contributed by atoms with Gasteiger partial charge in [0.25, 0.3) is 0 Å². The number of phenolic OH excluding ortho intramolecular Hbond substituents is 1. The molecule has 0 aromatic heterocycles. The molecule has 2 nitrogen and oxygen atoms in total. The van der Waals surface area contributed by atoms with Crippen molar-refractivity contribution in [2.24, 2.45) is 11.8 Å². The predicted molar refractivity (Wildman–Crippen MR) is 87.0 cm³/mol. The fourth-order valence-electron chi connectivity index (χ4n) is 2.40. The molecule has 1 unspecified atom stereocenters. The molecule has 0 heterocycles. The van der Waals surface area contributed by atoms with Crippen molar-refractivity contribution < 1.29 is 9.50 Å². The number of phenols is 1. The van der Waals surface area contributed by atoms with Crippen LogP contribution in [0.3, 0.4) is 0 Å². The average molecular weight is 295 g/mol. The standard InChI is InChI=1S/C18H30FNO/c1-13(2)8-10-20(11-9-14(3)4)15(5)17-7-6-16(21)12-18(17)19/h6-7,12-15,21H,8-11H2,1-5H3. The van der Waals surface area contributed by atoms with Crippen molar-refractivity contribution >= 4 is 0 Å². The van der Waals surface area contributed by atoms with Gasteiger partial charge in [-0.25, -0.2) is 4.39 Å². The van der Waals surface area contributed by atoms with E-state index in [1.165, 1.54) is 6.07 Å². The molecule has 1 aromatic rings. The molecule has 3 heteroatoms. The Morgan fingerprint density at radius 1 is 1.00 bits per heavy atom. The Morgan fingerprint density at radius 2 is 1.52 bits per heavy atom. The van der Waals surface area contributed by atoms with Gasteiger partial charge in [-0.15, -0.1) is 0 Å². The monoisotopic (exact) mass is 295 g/mol. The molecule has 1 rings (SSSR count). The lowest BCUT2D eigenvalue weighted by molar-refractivity contribution is 0.185. The highest BCUT2D eigenvalue weighted by Gasteiger charge is 2.19. The summed E-state index contributed by atoms with van der Waals surface area (Å²) in [5.74, 6) is 0.952. The molecule has 0 saturated heterocycles. The summed E-state index contributed by atoms with van der Waals surface area (Å²) in [6.45, 7) is 12.9. The second-order valence-corrected chi connectivity index (χ2v) is 6.78. The van der Waals surface area contributed by atoms with E-state index in [0.29, 0.717) is 17.4 Å². The second kappa shape index (κ2) is 8.38. The Hall–Kier alpha value is -1.09. The van der Waals surface area contributed by atoms with Crippen LogP contribution in [0.2, 0.25) is 0 Å². The minimum absolute atomic E-state index is 0.0145. The molecular weight excluding hydrogens is 265 g/mol. The molecule has 0 bridgehead atoms. The predicted octanol–water partition coefficient (Wildman–Crippen LogP) is 4.99. The molecule has 0 fully saturated rings. The summed E-state index contributed by atoms with van der Waals surface area (Å²) in [6, 6.07) is 4.50. The van der Waals surface area contributed by atoms with Crippen molar-refractivity contribution in [2.75, 3.05) is 13.1 Å². The highest BCUT2D eigenvalue weighted by Crippen LogP contribution is 2.26. The van der Waals surface area contributed by atoms with Crippen LogP contribution in [0.4, 0.5) is 4.39 Å². The van der Waals surface area contributed by atoms with E-state index in [9.17, 15) is 9.50 Å². The van der Waals surface area contributed by atoms with Gasteiger partial charge >= 0.3 is 0 Å². The van der Waals surface area contributed by atoms with Crippen LogP contribution in [0.15, 0.2) is 18.2 Å². The Labute approximate surface area is 129 Å². The Morgan fingerprint density at radius 3 is 1.95 bits per heavy atom. The molecule has 0 aliphatic carbocycles. The minimum atomic E-state index is -0.318. The number of benzene rings is 1. The zero-order valence-corrected chi connectivity index (χ0v) is 14.1. The van der Waals surface area contributed by atoms with Crippen LogP contribution in [-0.2, 0) is 0 Å². The third-order valence-electron chi connectivity index (χ3n) is 3.97. The summed E-state index contributed by atoms with van der Waals surface area (Å²) in [5.41, 5.74) is 0.667. The van der Waals surface area contributed by atoms with E-state index in [0.717, 1.165) is 25.9 Å². The zero-order chi connectivity index (χ0) is 16.0. The van der Waals surface area contributed by atoms with E-state index in [1.54, 1.807) is 12.1 Å². The number of hydrogen-bond donors (Lipinski definition) is 1. The van der Waals surface area contributed by atoms with Gasteiger partial charge in [0, 0.05) is 17.7 Å². The van der Waals surface area contributed by atoms with Crippen LogP contribution < -0.4 is 0 Å². The summed E-state index contributed by atoms with van der Waals surface area (Å²) < 4.78 is 14.1. The Balaban J connectivity index is 2.83. The first-order valence-electron chi connectivity index (χ1n) is 8.03. The smallest absolute Gasteiger partial charge is 0.131 e. The van der Waals surface area contributed by atoms with Crippen LogP contribution in [0.1, 0.15) is 59.1 Å². The van der Waals surface area contributed by atoms with E-state index in [4.69, 9.17) is 0 Å². The lowest BCUT2D eigenvalue weighted by atomic mass is 10.0. The molecule has 120 valence electrons. The van der Waals surface area contributed by atoms with Gasteiger partial charge in [0.1, 0.15) is 11.6 Å². The summed E-state index contributed by atoms with van der Waals surface area (Å²) in [5, 5.41) is 9.36. The number of rotatable bonds is 8. The molecular formula is C18H30FNO. The van der Waals surface area contributed by atoms with Gasteiger partial charge in [-0.05, 0) is 50.8 Å². The molecule has 0 radical (unpaired) electrons. The molecule has 0 spiro atoms. The van der Waals surface area contributed by atoms with Crippen LogP contribution in [-0.4, -0.2) is 23.1 Å². The van der Waals surface area contributed by atoms with Gasteiger partial charge in [-0.3, -0.25) is 4.90 Å². The highest BCUT2D eigenvalue weighted by atomic mass is 19.1. The molecule has 21 heavy (non-hydrogen) atoms. The average Bonchev–Trinajstić information content (AvgIpc) is 2.37. The van der Waals surface area contributed by atoms with Gasteiger partial charge in [0.15, 0.2) is 0 Å². The van der Waals surface area contributed by atoms with Gasteiger partial charge < -0.3 is 5.11 Å². The van der Waals surface area contributed by atoms with Crippen LogP contribution in [0.5, 0.6) is 5.75 Å². The number of nitrogens with zero attached hydrogens (tertiary/aromatic N) is 1. The molecule has 0 aliphatic rings. The first kappa shape index (κ1) is 18.0. The van der Waals surface area contributed by atoms with E-state index in [2.05, 4.69) is 39.5 Å². The minimum Gasteiger partial charge on any atom is -0.508 e. The zero-order valence-electron chi connectivity index (χ0n) is 14.1. The van der Waals surface area contributed by atoms with Crippen LogP contribution in [0.25, 0.3) is 0 Å². The topological polar surface area (TPSA) is 23.5 Å². The van der Waals surface area contributed by atoms with E-state index < -0.39 is 0 Å². The van der Waals surface area contributed by atoms with Crippen molar-refractivity contribution in [1.29, 1.82) is 0 Å². The molecule has 1 N–H and O–H groups in total. The van der Waals surface area contributed by atoms with Crippen LogP contribution >= 0.6 is 0 Å². The van der Waals surface area contributed by atoms with Crippen molar-refractivity contribution in [3.63, 3.8) is 0 Å². The Bertz CT molecular complexity index is 419. The molecule has 0 saturated carbocycles. The van der Waals surface area contributed by atoms with E-state index >= 15 is 0 Å². The van der Waals surface area contributed by atoms with Crippen LogP contribution in [0, 0.1) is 17.7 Å². The number of hydrogen-bond acceptors (Lipinski definition) is 2. The lowest BCUT2D eigenvalue weighted by Gasteiger charge is -2.31. The van der Waals surface area contributed by atoms with Gasteiger partial charge in [0.05, 0.1) is 0 Å². The third-order valence-corrected chi connectivity index (χ3v) is 3.97. The van der Waals surface area contributed by atoms with Gasteiger partial charge in [-0.2, -0.15) is 0 Å². The van der Waals surface area contributed by atoms with E-state index in [-0.39, 0.29) is 17.6 Å². The van der Waals surface area contributed by atoms with Gasteiger partial charge in [0.2, 0.25) is 0 Å². The highest BCUT2D eigenvalue weighted by molar-refractivity contribution is 5.29. The first-order chi connectivity index (χ1) is 9.81. The largest absolute Gasteiger partial charge is 0.508 e. The fraction of sp³-hybridized carbons (Fsp3) is 0.667. The Kier molecular flexibility index (Phi) is 7.16. The quantitative estimate of drug-likeness (QED) is 0.730. The molecule has 1 atom stereocenters. The molecule has 1 aromatic carbocycles. The second-order valence-electron chi connectivity index (χ2n) is 6.78. The molecule has 0 amide bonds. The summed E-state index contributed by atoms with van der Waals surface area (Å²) >= 11 is 0. The lowest BCUT2D eigenvalue weighted by Crippen LogP contribution is -2.31. The summed E-state index contributed by atoms with van der Waals surface area (Å²) in [7, 11) is 0. The number of halogens is 1. The maximum Gasteiger partial charge on any atom is 0.131 e. The SMILES string of the molecule is CC(C)CCN(CCC(C)C)C(C)c1ccc(O)cc1F. The van der Waals surface area contributed by atoms with Crippen molar-refractivity contribution in [2.45, 2.75) is 53.5 Å². The summed E-state index contributed by atoms with van der Waals surface area (Å²) in [4.78, 5) is 2.36. The van der Waals surface area contributed by atoms with Crippen molar-refractivity contribution in [1.82, 2.24) is 4.90 Å². The van der Waals surface area contributed by atoms with E-state index in [1.807, 2.05) is 0 Å². The summed E-state index contributed by atoms with van der Waals surface area (Å²) in [6.07, 6.45) is 2.23. The van der Waals surface area contributed by atoms with Crippen molar-refractivity contribution in [3.8, 4) is 5.75 Å². The van der Waals surface area contributed by atoms with Crippen molar-refractivity contribution in [3.05, 3.63) is 29.6 Å². The normalized spacial score (nSPS) is 13.4. The maximum atomic E-state index is 14.1. The molecule has 0 aliphatic heterocycles.